The SMILES string of the molecule is Cn1c(=O)n(Oc2ccc(OC(F)(F)F)cc2CCOC2CCCCO2)c(=O)c2c1ncn2COCC[Si](C)(C)C. The highest BCUT2D eigenvalue weighted by Crippen LogP contribution is 2.29. The van der Waals surface area contributed by atoms with Crippen LogP contribution in [-0.4, -0.2) is 59.4 Å². The first-order valence-corrected chi connectivity index (χ1v) is 17.1. The van der Waals surface area contributed by atoms with Crippen molar-refractivity contribution in [3.63, 3.8) is 0 Å². The Morgan fingerprint density at radius 3 is 2.61 bits per heavy atom. The Hall–Kier alpha value is -3.14. The largest absolute Gasteiger partial charge is 0.573 e. The molecule has 4 rings (SSSR count). The molecule has 1 unspecified atom stereocenters. The molecule has 1 atom stereocenters. The van der Waals surface area contributed by atoms with Crippen molar-refractivity contribution in [3.05, 3.63) is 50.9 Å². The van der Waals surface area contributed by atoms with Gasteiger partial charge in [-0.3, -0.25) is 9.36 Å². The molecule has 0 amide bonds. The van der Waals surface area contributed by atoms with Crippen LogP contribution in [0.1, 0.15) is 24.8 Å². The molecule has 0 aliphatic carbocycles. The van der Waals surface area contributed by atoms with E-state index in [4.69, 9.17) is 19.0 Å². The molecule has 0 radical (unpaired) electrons. The number of halogens is 3. The van der Waals surface area contributed by atoms with Crippen LogP contribution < -0.4 is 20.8 Å². The van der Waals surface area contributed by atoms with Crippen LogP contribution in [-0.2, 0) is 34.4 Å². The van der Waals surface area contributed by atoms with E-state index in [1.165, 1.54) is 24.0 Å². The molecular formula is C26H35F3N4O7Si. The third-order valence-corrected chi connectivity index (χ3v) is 8.18. The molecule has 0 spiro atoms. The minimum absolute atomic E-state index is 0.0105. The minimum Gasteiger partial charge on any atom is -0.406 e. The first-order valence-electron chi connectivity index (χ1n) is 13.4. The van der Waals surface area contributed by atoms with Gasteiger partial charge in [-0.2, -0.15) is 0 Å². The maximum absolute atomic E-state index is 13.5. The molecule has 1 saturated heterocycles. The van der Waals surface area contributed by atoms with Crippen molar-refractivity contribution in [2.24, 2.45) is 7.05 Å². The molecule has 1 aliphatic rings. The summed E-state index contributed by atoms with van der Waals surface area (Å²) < 4.78 is 63.0. The molecule has 0 saturated carbocycles. The van der Waals surface area contributed by atoms with E-state index in [2.05, 4.69) is 29.4 Å². The molecule has 1 aliphatic heterocycles. The molecule has 3 heterocycles. The van der Waals surface area contributed by atoms with Crippen LogP contribution in [0.15, 0.2) is 34.1 Å². The lowest BCUT2D eigenvalue weighted by Gasteiger charge is -2.23. The third-order valence-electron chi connectivity index (χ3n) is 6.48. The Balaban J connectivity index is 1.62. The first-order chi connectivity index (χ1) is 19.3. The van der Waals surface area contributed by atoms with Crippen LogP contribution in [0.5, 0.6) is 11.5 Å². The number of hydrogen-bond acceptors (Lipinski definition) is 8. The summed E-state index contributed by atoms with van der Waals surface area (Å²) in [5.41, 5.74) is -1.15. The van der Waals surface area contributed by atoms with E-state index in [0.29, 0.717) is 24.4 Å². The van der Waals surface area contributed by atoms with Crippen LogP contribution in [0.3, 0.4) is 0 Å². The summed E-state index contributed by atoms with van der Waals surface area (Å²) in [5.74, 6) is -0.485. The molecule has 15 heteroatoms. The van der Waals surface area contributed by atoms with Crippen LogP contribution >= 0.6 is 0 Å². The van der Waals surface area contributed by atoms with Gasteiger partial charge in [-0.05, 0) is 49.9 Å². The summed E-state index contributed by atoms with van der Waals surface area (Å²) in [6.45, 7) is 7.90. The summed E-state index contributed by atoms with van der Waals surface area (Å²) in [6.07, 6.45) is -1.21. The number of hydrogen-bond donors (Lipinski definition) is 0. The van der Waals surface area contributed by atoms with Gasteiger partial charge >= 0.3 is 17.6 Å². The zero-order valence-corrected chi connectivity index (χ0v) is 24.5. The van der Waals surface area contributed by atoms with E-state index in [0.717, 1.165) is 35.6 Å². The number of fused-ring (bicyclic) bond motifs is 1. The first kappa shape index (κ1) is 30.8. The average molecular weight is 601 g/mol. The van der Waals surface area contributed by atoms with E-state index >= 15 is 0 Å². The van der Waals surface area contributed by atoms with Gasteiger partial charge < -0.3 is 28.4 Å². The topological polar surface area (TPSA) is 108 Å². The smallest absolute Gasteiger partial charge is 0.406 e. The lowest BCUT2D eigenvalue weighted by Crippen LogP contribution is -2.42. The number of nitrogens with zero attached hydrogens (tertiary/aromatic N) is 4. The van der Waals surface area contributed by atoms with Crippen LogP contribution in [0, 0.1) is 0 Å². The zero-order valence-electron chi connectivity index (χ0n) is 23.5. The quantitative estimate of drug-likeness (QED) is 0.227. The van der Waals surface area contributed by atoms with Gasteiger partial charge in [0.15, 0.2) is 23.2 Å². The van der Waals surface area contributed by atoms with E-state index in [-0.39, 0.29) is 42.2 Å². The van der Waals surface area contributed by atoms with Crippen LogP contribution in [0.25, 0.3) is 11.2 Å². The number of ether oxygens (including phenoxy) is 4. The molecule has 0 N–H and O–H groups in total. The lowest BCUT2D eigenvalue weighted by atomic mass is 10.1. The van der Waals surface area contributed by atoms with Gasteiger partial charge in [0.1, 0.15) is 12.5 Å². The van der Waals surface area contributed by atoms with Gasteiger partial charge in [0.2, 0.25) is 0 Å². The molecular weight excluding hydrogens is 565 g/mol. The molecule has 226 valence electrons. The van der Waals surface area contributed by atoms with E-state index in [1.54, 1.807) is 0 Å². The minimum atomic E-state index is -4.90. The third kappa shape index (κ3) is 8.21. The number of aromatic nitrogens is 4. The molecule has 2 aromatic heterocycles. The zero-order chi connectivity index (χ0) is 29.8. The summed E-state index contributed by atoms with van der Waals surface area (Å²) >= 11 is 0. The fourth-order valence-electron chi connectivity index (χ4n) is 4.24. The highest BCUT2D eigenvalue weighted by atomic mass is 28.3. The van der Waals surface area contributed by atoms with Gasteiger partial charge in [0.25, 0.3) is 0 Å². The second kappa shape index (κ2) is 12.8. The molecule has 41 heavy (non-hydrogen) atoms. The Morgan fingerprint density at radius 1 is 1.15 bits per heavy atom. The lowest BCUT2D eigenvalue weighted by molar-refractivity contribution is -0.274. The second-order valence-electron chi connectivity index (χ2n) is 11.0. The number of rotatable bonds is 12. The number of benzene rings is 1. The van der Waals surface area contributed by atoms with E-state index in [1.807, 2.05) is 0 Å². The summed E-state index contributed by atoms with van der Waals surface area (Å²) in [4.78, 5) is 36.5. The van der Waals surface area contributed by atoms with Crippen molar-refractivity contribution in [2.75, 3.05) is 19.8 Å². The van der Waals surface area contributed by atoms with E-state index in [9.17, 15) is 22.8 Å². The standard InChI is InChI=1S/C26H35F3N4O7Si/c1-31-23-22(32(16-30-23)17-36-13-14-41(2,3)4)24(34)33(25(31)35)40-20-9-8-19(39-26(27,28)29)15-18(20)10-12-38-21-7-5-6-11-37-21/h8-9,15-16,21H,5-7,10-14,17H2,1-4H3. The van der Waals surface area contributed by atoms with Crippen molar-refractivity contribution in [3.8, 4) is 11.5 Å². The summed E-state index contributed by atoms with van der Waals surface area (Å²) in [7, 11) is 0.113. The molecule has 11 nitrogen and oxygen atoms in total. The normalized spacial score (nSPS) is 16.3. The summed E-state index contributed by atoms with van der Waals surface area (Å²) in [5, 5.41) is 0. The number of aryl methyl sites for hydroxylation is 1. The van der Waals surface area contributed by atoms with Gasteiger partial charge in [-0.25, -0.2) is 9.78 Å². The Labute approximate surface area is 235 Å². The highest BCUT2D eigenvalue weighted by Gasteiger charge is 2.31. The van der Waals surface area contributed by atoms with Gasteiger partial charge in [0.05, 0.1) is 12.9 Å². The fraction of sp³-hybridized carbons (Fsp3) is 0.577. The van der Waals surface area contributed by atoms with Gasteiger partial charge in [-0.15, -0.1) is 13.2 Å². The summed E-state index contributed by atoms with van der Waals surface area (Å²) in [6, 6.07) is 4.32. The van der Waals surface area contributed by atoms with Crippen molar-refractivity contribution < 1.29 is 37.0 Å². The molecule has 3 aromatic rings. The predicted octanol–water partition coefficient (Wildman–Crippen LogP) is 4.04. The maximum atomic E-state index is 13.5. The fourth-order valence-corrected chi connectivity index (χ4v) is 5.00. The Kier molecular flexibility index (Phi) is 9.61. The van der Waals surface area contributed by atoms with Gasteiger partial charge in [0, 0.05) is 33.9 Å². The molecule has 0 bridgehead atoms. The van der Waals surface area contributed by atoms with E-state index < -0.39 is 37.7 Å². The second-order valence-corrected chi connectivity index (χ2v) is 16.6. The Bertz CT molecular complexity index is 1460. The van der Waals surface area contributed by atoms with Crippen LogP contribution in [0.4, 0.5) is 13.2 Å². The Morgan fingerprint density at radius 2 is 1.93 bits per heavy atom. The molecule has 1 aromatic carbocycles. The van der Waals surface area contributed by atoms with Crippen molar-refractivity contribution in [2.45, 2.75) is 70.8 Å². The monoisotopic (exact) mass is 600 g/mol. The highest BCUT2D eigenvalue weighted by molar-refractivity contribution is 6.76. The predicted molar refractivity (Wildman–Crippen MR) is 146 cm³/mol. The molecule has 1 fully saturated rings. The van der Waals surface area contributed by atoms with Gasteiger partial charge in [-0.1, -0.05) is 24.4 Å². The van der Waals surface area contributed by atoms with Crippen LogP contribution in [0.2, 0.25) is 25.7 Å². The number of alkyl halides is 3. The maximum Gasteiger partial charge on any atom is 0.573 e. The van der Waals surface area contributed by atoms with Crippen molar-refractivity contribution in [1.29, 1.82) is 0 Å². The average Bonchev–Trinajstić information content (AvgIpc) is 3.32. The van der Waals surface area contributed by atoms with Crippen molar-refractivity contribution >= 4 is 19.2 Å². The number of imidazole rings is 1. The van der Waals surface area contributed by atoms with Crippen molar-refractivity contribution in [1.82, 2.24) is 18.8 Å².